The predicted octanol–water partition coefficient (Wildman–Crippen LogP) is 3.31. The summed E-state index contributed by atoms with van der Waals surface area (Å²) < 4.78 is 0. The molecule has 2 rings (SSSR count). The molecule has 0 aliphatic heterocycles. The first-order valence-electron chi connectivity index (χ1n) is 7.48. The molecule has 106 valence electrons. The minimum absolute atomic E-state index is 0.550. The van der Waals surface area contributed by atoms with Crippen LogP contribution < -0.4 is 5.32 Å². The zero-order chi connectivity index (χ0) is 13.9. The van der Waals surface area contributed by atoms with Crippen LogP contribution in [0.4, 0.5) is 0 Å². The van der Waals surface area contributed by atoms with Crippen LogP contribution in [0.3, 0.4) is 0 Å². The molecule has 2 N–H and O–H groups in total. The van der Waals surface area contributed by atoms with E-state index in [0.29, 0.717) is 12.6 Å². The van der Waals surface area contributed by atoms with E-state index < -0.39 is 5.60 Å². The van der Waals surface area contributed by atoms with Gasteiger partial charge in [-0.25, -0.2) is 0 Å². The SMILES string of the molecule is CC1CC(C)CC(NCC(C)(O)c2ccccc2)C1. The van der Waals surface area contributed by atoms with E-state index in [1.54, 1.807) is 0 Å². The Labute approximate surface area is 117 Å². The topological polar surface area (TPSA) is 32.3 Å². The predicted molar refractivity (Wildman–Crippen MR) is 80.0 cm³/mol. The monoisotopic (exact) mass is 261 g/mol. The molecule has 0 bridgehead atoms. The quantitative estimate of drug-likeness (QED) is 0.871. The molecule has 1 aliphatic rings. The van der Waals surface area contributed by atoms with Crippen molar-refractivity contribution in [3.63, 3.8) is 0 Å². The van der Waals surface area contributed by atoms with Crippen LogP contribution in [0, 0.1) is 11.8 Å². The molecular formula is C17H27NO. The lowest BCUT2D eigenvalue weighted by Crippen LogP contribution is -2.43. The summed E-state index contributed by atoms with van der Waals surface area (Å²) in [5.41, 5.74) is 0.199. The molecule has 0 amide bonds. The fourth-order valence-electron chi connectivity index (χ4n) is 3.36. The molecule has 0 radical (unpaired) electrons. The summed E-state index contributed by atoms with van der Waals surface area (Å²) in [5, 5.41) is 14.2. The number of nitrogens with one attached hydrogen (secondary N) is 1. The molecule has 0 spiro atoms. The van der Waals surface area contributed by atoms with E-state index in [2.05, 4.69) is 19.2 Å². The second-order valence-corrected chi connectivity index (χ2v) is 6.64. The van der Waals surface area contributed by atoms with Crippen molar-refractivity contribution in [1.29, 1.82) is 0 Å². The largest absolute Gasteiger partial charge is 0.384 e. The molecule has 0 heterocycles. The van der Waals surface area contributed by atoms with E-state index in [1.165, 1.54) is 19.3 Å². The molecule has 3 unspecified atom stereocenters. The highest BCUT2D eigenvalue weighted by Crippen LogP contribution is 2.29. The first-order chi connectivity index (χ1) is 8.97. The molecule has 1 aromatic rings. The molecular weight excluding hydrogens is 234 g/mol. The lowest BCUT2D eigenvalue weighted by Gasteiger charge is -2.34. The van der Waals surface area contributed by atoms with Gasteiger partial charge in [0, 0.05) is 12.6 Å². The van der Waals surface area contributed by atoms with Crippen LogP contribution in [0.2, 0.25) is 0 Å². The maximum atomic E-state index is 10.6. The highest BCUT2D eigenvalue weighted by molar-refractivity contribution is 5.21. The molecule has 0 aromatic heterocycles. The van der Waals surface area contributed by atoms with Crippen molar-refractivity contribution in [3.8, 4) is 0 Å². The van der Waals surface area contributed by atoms with Gasteiger partial charge in [0.2, 0.25) is 0 Å². The molecule has 1 fully saturated rings. The van der Waals surface area contributed by atoms with Crippen LogP contribution in [0.15, 0.2) is 30.3 Å². The summed E-state index contributed by atoms with van der Waals surface area (Å²) in [5.74, 6) is 1.59. The first kappa shape index (κ1) is 14.5. The molecule has 3 atom stereocenters. The zero-order valence-corrected chi connectivity index (χ0v) is 12.4. The summed E-state index contributed by atoms with van der Waals surface area (Å²) in [6, 6.07) is 10.5. The van der Waals surface area contributed by atoms with Gasteiger partial charge in [-0.05, 0) is 43.6 Å². The number of aliphatic hydroxyl groups is 1. The average Bonchev–Trinajstić information content (AvgIpc) is 2.37. The van der Waals surface area contributed by atoms with E-state index in [0.717, 1.165) is 17.4 Å². The van der Waals surface area contributed by atoms with Gasteiger partial charge in [-0.1, -0.05) is 44.2 Å². The van der Waals surface area contributed by atoms with Crippen molar-refractivity contribution in [2.24, 2.45) is 11.8 Å². The second-order valence-electron chi connectivity index (χ2n) is 6.64. The van der Waals surface area contributed by atoms with E-state index >= 15 is 0 Å². The number of benzene rings is 1. The fraction of sp³-hybridized carbons (Fsp3) is 0.647. The Kier molecular flexibility index (Phi) is 4.64. The first-order valence-corrected chi connectivity index (χ1v) is 7.48. The van der Waals surface area contributed by atoms with Crippen molar-refractivity contribution < 1.29 is 5.11 Å². The number of hydrogen-bond acceptors (Lipinski definition) is 2. The highest BCUT2D eigenvalue weighted by atomic mass is 16.3. The lowest BCUT2D eigenvalue weighted by molar-refractivity contribution is 0.0496. The molecule has 2 nitrogen and oxygen atoms in total. The van der Waals surface area contributed by atoms with Gasteiger partial charge < -0.3 is 10.4 Å². The molecule has 2 heteroatoms. The van der Waals surface area contributed by atoms with Gasteiger partial charge in [0.15, 0.2) is 0 Å². The van der Waals surface area contributed by atoms with Gasteiger partial charge >= 0.3 is 0 Å². The van der Waals surface area contributed by atoms with Gasteiger partial charge in [-0.3, -0.25) is 0 Å². The van der Waals surface area contributed by atoms with Gasteiger partial charge in [0.05, 0.1) is 5.60 Å². The molecule has 0 saturated heterocycles. The Hall–Kier alpha value is -0.860. The van der Waals surface area contributed by atoms with Gasteiger partial charge in [-0.15, -0.1) is 0 Å². The van der Waals surface area contributed by atoms with Crippen LogP contribution in [-0.4, -0.2) is 17.7 Å². The summed E-state index contributed by atoms with van der Waals surface area (Å²) in [4.78, 5) is 0. The number of hydrogen-bond donors (Lipinski definition) is 2. The Balaban J connectivity index is 1.91. The van der Waals surface area contributed by atoms with Gasteiger partial charge in [0.1, 0.15) is 0 Å². The van der Waals surface area contributed by atoms with Crippen molar-refractivity contribution in [1.82, 2.24) is 5.32 Å². The minimum atomic E-state index is -0.787. The average molecular weight is 261 g/mol. The highest BCUT2D eigenvalue weighted by Gasteiger charge is 2.27. The Morgan fingerprint density at radius 2 is 1.68 bits per heavy atom. The van der Waals surface area contributed by atoms with Gasteiger partial charge in [0.25, 0.3) is 0 Å². The molecule has 1 aromatic carbocycles. The molecule has 1 aliphatic carbocycles. The standard InChI is InChI=1S/C17H27NO/c1-13-9-14(2)11-16(10-13)18-12-17(3,19)15-7-5-4-6-8-15/h4-8,13-14,16,18-19H,9-12H2,1-3H3. The van der Waals surface area contributed by atoms with E-state index in [-0.39, 0.29) is 0 Å². The fourth-order valence-corrected chi connectivity index (χ4v) is 3.36. The number of rotatable bonds is 4. The maximum Gasteiger partial charge on any atom is 0.0992 e. The third-order valence-corrected chi connectivity index (χ3v) is 4.31. The smallest absolute Gasteiger partial charge is 0.0992 e. The second kappa shape index (κ2) is 6.06. The van der Waals surface area contributed by atoms with Crippen molar-refractivity contribution >= 4 is 0 Å². The summed E-state index contributed by atoms with van der Waals surface area (Å²) in [7, 11) is 0. The minimum Gasteiger partial charge on any atom is -0.384 e. The van der Waals surface area contributed by atoms with Crippen LogP contribution in [0.25, 0.3) is 0 Å². The van der Waals surface area contributed by atoms with E-state index in [1.807, 2.05) is 37.3 Å². The summed E-state index contributed by atoms with van der Waals surface area (Å²) in [6.07, 6.45) is 3.80. The van der Waals surface area contributed by atoms with E-state index in [9.17, 15) is 5.11 Å². The van der Waals surface area contributed by atoms with Crippen LogP contribution in [0.5, 0.6) is 0 Å². The maximum absolute atomic E-state index is 10.6. The van der Waals surface area contributed by atoms with Crippen LogP contribution >= 0.6 is 0 Å². The molecule has 19 heavy (non-hydrogen) atoms. The van der Waals surface area contributed by atoms with Crippen molar-refractivity contribution in [2.45, 2.75) is 51.7 Å². The zero-order valence-electron chi connectivity index (χ0n) is 12.4. The summed E-state index contributed by atoms with van der Waals surface area (Å²) in [6.45, 7) is 7.19. The van der Waals surface area contributed by atoms with E-state index in [4.69, 9.17) is 0 Å². The molecule has 1 saturated carbocycles. The Morgan fingerprint density at radius 3 is 2.26 bits per heavy atom. The van der Waals surface area contributed by atoms with Crippen molar-refractivity contribution in [2.75, 3.05) is 6.54 Å². The van der Waals surface area contributed by atoms with Gasteiger partial charge in [-0.2, -0.15) is 0 Å². The van der Waals surface area contributed by atoms with Crippen molar-refractivity contribution in [3.05, 3.63) is 35.9 Å². The van der Waals surface area contributed by atoms with Crippen LogP contribution in [-0.2, 0) is 5.60 Å². The normalized spacial score (nSPS) is 30.8. The third-order valence-electron chi connectivity index (χ3n) is 4.31. The third kappa shape index (κ3) is 4.05. The van der Waals surface area contributed by atoms with Crippen LogP contribution in [0.1, 0.15) is 45.6 Å². The Bertz CT molecular complexity index is 378. The Morgan fingerprint density at radius 1 is 1.11 bits per heavy atom. The summed E-state index contributed by atoms with van der Waals surface area (Å²) >= 11 is 0. The lowest BCUT2D eigenvalue weighted by atomic mass is 9.80.